The second-order valence-corrected chi connectivity index (χ2v) is 5.19. The van der Waals surface area contributed by atoms with Crippen LogP contribution in [0, 0.1) is 13.8 Å². The first-order valence-electron chi connectivity index (χ1n) is 6.95. The molecular formula is C17H18N2O3. The highest BCUT2D eigenvalue weighted by atomic mass is 16.2. The average Bonchev–Trinajstić information content (AvgIpc) is 2.51. The van der Waals surface area contributed by atoms with Crippen molar-refractivity contribution in [2.24, 2.45) is 0 Å². The van der Waals surface area contributed by atoms with E-state index in [-0.39, 0.29) is 23.8 Å². The molecular weight excluding hydrogens is 280 g/mol. The van der Waals surface area contributed by atoms with E-state index in [9.17, 15) is 14.4 Å². The van der Waals surface area contributed by atoms with Crippen LogP contribution in [-0.2, 0) is 6.54 Å². The molecule has 2 rings (SSSR count). The number of Topliss-reactive ketones (excluding diaryl/α,β-unsaturated/α-hetero) is 1. The van der Waals surface area contributed by atoms with Gasteiger partial charge in [0.25, 0.3) is 11.5 Å². The van der Waals surface area contributed by atoms with Crippen molar-refractivity contribution in [2.75, 3.05) is 7.05 Å². The van der Waals surface area contributed by atoms with Crippen molar-refractivity contribution >= 4 is 11.7 Å². The molecule has 1 aromatic carbocycles. The first kappa shape index (κ1) is 15.7. The maximum absolute atomic E-state index is 12.3. The molecule has 1 amide bonds. The van der Waals surface area contributed by atoms with Crippen molar-refractivity contribution in [3.05, 3.63) is 69.1 Å². The Morgan fingerprint density at radius 1 is 1.05 bits per heavy atom. The van der Waals surface area contributed by atoms with E-state index in [1.54, 1.807) is 6.07 Å². The van der Waals surface area contributed by atoms with Gasteiger partial charge in [0.1, 0.15) is 0 Å². The second kappa shape index (κ2) is 6.39. The van der Waals surface area contributed by atoms with E-state index in [1.807, 2.05) is 26.0 Å². The van der Waals surface area contributed by atoms with Crippen molar-refractivity contribution in [3.63, 3.8) is 0 Å². The summed E-state index contributed by atoms with van der Waals surface area (Å²) in [5, 5.41) is 2.49. The fourth-order valence-electron chi connectivity index (χ4n) is 2.09. The molecule has 0 unspecified atom stereocenters. The molecule has 0 radical (unpaired) electrons. The van der Waals surface area contributed by atoms with Crippen molar-refractivity contribution in [1.82, 2.24) is 9.88 Å². The summed E-state index contributed by atoms with van der Waals surface area (Å²) in [7, 11) is 1.51. The Morgan fingerprint density at radius 2 is 1.73 bits per heavy atom. The fourth-order valence-corrected chi connectivity index (χ4v) is 2.09. The number of benzene rings is 1. The maximum Gasteiger partial charge on any atom is 0.252 e. The van der Waals surface area contributed by atoms with Gasteiger partial charge in [0.15, 0.2) is 5.78 Å². The van der Waals surface area contributed by atoms with Crippen LogP contribution in [0.1, 0.15) is 31.8 Å². The van der Waals surface area contributed by atoms with Crippen LogP contribution in [0.2, 0.25) is 0 Å². The summed E-state index contributed by atoms with van der Waals surface area (Å²) in [5.74, 6) is -0.466. The number of hydrogen-bond donors (Lipinski definition) is 1. The zero-order valence-electron chi connectivity index (χ0n) is 12.8. The van der Waals surface area contributed by atoms with Crippen molar-refractivity contribution in [3.8, 4) is 0 Å². The number of aryl methyl sites for hydroxylation is 2. The Bertz CT molecular complexity index is 791. The number of pyridine rings is 1. The van der Waals surface area contributed by atoms with Gasteiger partial charge in [-0.1, -0.05) is 12.1 Å². The fraction of sp³-hybridized carbons (Fsp3) is 0.235. The zero-order valence-corrected chi connectivity index (χ0v) is 12.8. The molecule has 0 fully saturated rings. The zero-order chi connectivity index (χ0) is 16.3. The molecule has 0 saturated heterocycles. The molecule has 0 atom stereocenters. The van der Waals surface area contributed by atoms with Gasteiger partial charge in [0.2, 0.25) is 0 Å². The third-order valence-corrected chi connectivity index (χ3v) is 3.62. The summed E-state index contributed by atoms with van der Waals surface area (Å²) in [6.45, 7) is 3.82. The van der Waals surface area contributed by atoms with Gasteiger partial charge in [-0.3, -0.25) is 14.4 Å². The quantitative estimate of drug-likeness (QED) is 0.874. The summed E-state index contributed by atoms with van der Waals surface area (Å²) in [5.41, 5.74) is 2.72. The molecule has 0 aliphatic heterocycles. The van der Waals surface area contributed by atoms with Crippen LogP contribution in [0.4, 0.5) is 0 Å². The third-order valence-electron chi connectivity index (χ3n) is 3.62. The van der Waals surface area contributed by atoms with Gasteiger partial charge in [-0.25, -0.2) is 0 Å². The van der Waals surface area contributed by atoms with E-state index < -0.39 is 0 Å². The monoisotopic (exact) mass is 298 g/mol. The lowest BCUT2D eigenvalue weighted by Crippen LogP contribution is -2.26. The number of hydrogen-bond acceptors (Lipinski definition) is 3. The van der Waals surface area contributed by atoms with Gasteiger partial charge >= 0.3 is 0 Å². The minimum Gasteiger partial charge on any atom is -0.355 e. The molecule has 114 valence electrons. The summed E-state index contributed by atoms with van der Waals surface area (Å²) in [4.78, 5) is 35.8. The van der Waals surface area contributed by atoms with E-state index in [4.69, 9.17) is 0 Å². The first-order chi connectivity index (χ1) is 10.4. The smallest absolute Gasteiger partial charge is 0.252 e. The molecule has 0 spiro atoms. The average molecular weight is 298 g/mol. The minimum atomic E-state index is -0.315. The summed E-state index contributed by atoms with van der Waals surface area (Å²) < 4.78 is 1.25. The van der Waals surface area contributed by atoms with Crippen molar-refractivity contribution < 1.29 is 9.59 Å². The highest BCUT2D eigenvalue weighted by Crippen LogP contribution is 2.11. The van der Waals surface area contributed by atoms with Crippen LogP contribution >= 0.6 is 0 Å². The Kier molecular flexibility index (Phi) is 4.56. The topological polar surface area (TPSA) is 68.2 Å². The molecule has 1 heterocycles. The highest BCUT2D eigenvalue weighted by Gasteiger charge is 2.11. The molecule has 22 heavy (non-hydrogen) atoms. The second-order valence-electron chi connectivity index (χ2n) is 5.19. The van der Waals surface area contributed by atoms with E-state index >= 15 is 0 Å². The van der Waals surface area contributed by atoms with Gasteiger partial charge in [0.05, 0.1) is 12.1 Å². The van der Waals surface area contributed by atoms with Crippen molar-refractivity contribution in [2.45, 2.75) is 20.4 Å². The number of nitrogens with zero attached hydrogens (tertiary/aromatic N) is 1. The maximum atomic E-state index is 12.3. The van der Waals surface area contributed by atoms with Crippen LogP contribution in [0.5, 0.6) is 0 Å². The van der Waals surface area contributed by atoms with Crippen LogP contribution in [0.25, 0.3) is 0 Å². The van der Waals surface area contributed by atoms with Gasteiger partial charge < -0.3 is 9.88 Å². The molecule has 2 aromatic rings. The molecule has 0 aliphatic carbocycles. The number of carbonyl (C=O) groups excluding carboxylic acids is 2. The number of ketones is 1. The Morgan fingerprint density at radius 3 is 2.36 bits per heavy atom. The van der Waals surface area contributed by atoms with Crippen LogP contribution in [0.15, 0.2) is 41.3 Å². The van der Waals surface area contributed by atoms with Crippen molar-refractivity contribution in [1.29, 1.82) is 0 Å². The Balaban J connectivity index is 2.29. The minimum absolute atomic E-state index is 0.0911. The number of aromatic nitrogens is 1. The van der Waals surface area contributed by atoms with Crippen LogP contribution in [-0.4, -0.2) is 23.3 Å². The first-order valence-corrected chi connectivity index (χ1v) is 6.95. The molecule has 0 bridgehead atoms. The summed E-state index contributed by atoms with van der Waals surface area (Å²) >= 11 is 0. The molecule has 5 nitrogen and oxygen atoms in total. The molecule has 5 heteroatoms. The standard InChI is InChI=1S/C17H18N2O3/c1-11-4-5-13(8-12(11)2)15(20)10-19-9-14(17(22)18-3)6-7-16(19)21/h4-9H,10H2,1-3H3,(H,18,22). The predicted molar refractivity (Wildman–Crippen MR) is 84.3 cm³/mol. The van der Waals surface area contributed by atoms with Gasteiger partial charge in [-0.05, 0) is 37.1 Å². The summed E-state index contributed by atoms with van der Waals surface area (Å²) in [6.07, 6.45) is 1.40. The third kappa shape index (κ3) is 3.31. The highest BCUT2D eigenvalue weighted by molar-refractivity contribution is 5.96. The number of amides is 1. The van der Waals surface area contributed by atoms with Gasteiger partial charge in [-0.2, -0.15) is 0 Å². The van der Waals surface area contributed by atoms with Gasteiger partial charge in [0, 0.05) is 24.9 Å². The number of carbonyl (C=O) groups is 2. The van der Waals surface area contributed by atoms with Crippen LogP contribution in [0.3, 0.4) is 0 Å². The van der Waals surface area contributed by atoms with Gasteiger partial charge in [-0.15, -0.1) is 0 Å². The molecule has 0 saturated carbocycles. The van der Waals surface area contributed by atoms with E-state index in [0.29, 0.717) is 11.1 Å². The predicted octanol–water partition coefficient (Wildman–Crippen LogP) is 1.71. The molecule has 1 N–H and O–H groups in total. The lowest BCUT2D eigenvalue weighted by molar-refractivity contribution is 0.0950. The molecule has 0 aliphatic rings. The Hall–Kier alpha value is -2.69. The van der Waals surface area contributed by atoms with E-state index in [2.05, 4.69) is 5.32 Å². The van der Waals surface area contributed by atoms with E-state index in [1.165, 1.54) is 29.9 Å². The Labute approximate surface area is 128 Å². The van der Waals surface area contributed by atoms with Crippen LogP contribution < -0.4 is 10.9 Å². The lowest BCUT2D eigenvalue weighted by Gasteiger charge is -2.08. The number of nitrogens with one attached hydrogen (secondary N) is 1. The molecule has 1 aromatic heterocycles. The normalized spacial score (nSPS) is 10.3. The van der Waals surface area contributed by atoms with E-state index in [0.717, 1.165) is 11.1 Å². The largest absolute Gasteiger partial charge is 0.355 e. The summed E-state index contributed by atoms with van der Waals surface area (Å²) in [6, 6.07) is 8.17. The lowest BCUT2D eigenvalue weighted by atomic mass is 10.0. The number of rotatable bonds is 4. The SMILES string of the molecule is CNC(=O)c1ccc(=O)n(CC(=O)c2ccc(C)c(C)c2)c1.